The Bertz CT molecular complexity index is 1170. The third-order valence-corrected chi connectivity index (χ3v) is 5.18. The maximum absolute atomic E-state index is 12.2. The molecular weight excluding hydrogens is 451 g/mol. The van der Waals surface area contributed by atoms with Crippen LogP contribution in [0.2, 0.25) is 10.0 Å². The minimum absolute atomic E-state index is 0.0242. The maximum atomic E-state index is 12.2. The molecule has 7 nitrogen and oxygen atoms in total. The molecule has 0 radical (unpaired) electrons. The van der Waals surface area contributed by atoms with E-state index < -0.39 is 15.9 Å². The molecule has 3 aromatic rings. The van der Waals surface area contributed by atoms with Gasteiger partial charge in [0, 0.05) is 11.1 Å². The predicted octanol–water partition coefficient (Wildman–Crippen LogP) is 4.45. The van der Waals surface area contributed by atoms with Crippen molar-refractivity contribution in [1.82, 2.24) is 0 Å². The molecule has 10 heteroatoms. The number of rotatable bonds is 7. The molecule has 0 aliphatic carbocycles. The lowest BCUT2D eigenvalue weighted by Crippen LogP contribution is -2.20. The van der Waals surface area contributed by atoms with E-state index in [1.54, 1.807) is 30.3 Å². The Hall–Kier alpha value is -2.78. The number of para-hydroxylation sites is 1. The van der Waals surface area contributed by atoms with E-state index in [4.69, 9.17) is 37.8 Å². The molecule has 0 fully saturated rings. The number of nitrogens with two attached hydrogens (primary N) is 1. The average Bonchev–Trinajstić information content (AvgIpc) is 2.67. The third kappa shape index (κ3) is 6.11. The topological polar surface area (TPSA) is 108 Å². The number of sulfonamides is 1. The third-order valence-electron chi connectivity index (χ3n) is 3.74. The second kappa shape index (κ2) is 9.36. The molecule has 0 atom stereocenters. The van der Waals surface area contributed by atoms with Crippen LogP contribution in [0.5, 0.6) is 17.2 Å². The molecule has 30 heavy (non-hydrogen) atoms. The fraction of sp³-hybridized carbons (Fsp3) is 0.0500. The summed E-state index contributed by atoms with van der Waals surface area (Å²) in [5.74, 6) is 0.900. The van der Waals surface area contributed by atoms with Crippen LogP contribution in [0.3, 0.4) is 0 Å². The number of halogens is 2. The number of amides is 1. The summed E-state index contributed by atoms with van der Waals surface area (Å²) in [6.07, 6.45) is 0. The minimum atomic E-state index is -3.89. The summed E-state index contributed by atoms with van der Waals surface area (Å²) in [7, 11) is -3.89. The Morgan fingerprint density at radius 2 is 1.63 bits per heavy atom. The van der Waals surface area contributed by atoms with Crippen LogP contribution < -0.4 is 19.9 Å². The van der Waals surface area contributed by atoms with Crippen molar-refractivity contribution < 1.29 is 22.7 Å². The van der Waals surface area contributed by atoms with Crippen LogP contribution in [-0.2, 0) is 14.8 Å². The van der Waals surface area contributed by atoms with E-state index in [1.165, 1.54) is 12.1 Å². The van der Waals surface area contributed by atoms with E-state index in [0.29, 0.717) is 22.3 Å². The molecule has 1 amide bonds. The van der Waals surface area contributed by atoms with E-state index in [0.717, 1.165) is 6.07 Å². The van der Waals surface area contributed by atoms with Gasteiger partial charge in [0.25, 0.3) is 5.91 Å². The number of ether oxygens (including phenoxy) is 2. The van der Waals surface area contributed by atoms with Gasteiger partial charge < -0.3 is 14.8 Å². The summed E-state index contributed by atoms with van der Waals surface area (Å²) in [5.41, 5.74) is 0.219. The molecule has 0 aromatic heterocycles. The average molecular weight is 467 g/mol. The summed E-state index contributed by atoms with van der Waals surface area (Å²) < 4.78 is 33.9. The van der Waals surface area contributed by atoms with Gasteiger partial charge in [0.15, 0.2) is 6.61 Å². The first-order chi connectivity index (χ1) is 14.2. The monoisotopic (exact) mass is 466 g/mol. The van der Waals surface area contributed by atoms with Crippen LogP contribution >= 0.6 is 23.2 Å². The van der Waals surface area contributed by atoms with Crippen LogP contribution in [0.4, 0.5) is 5.69 Å². The zero-order chi connectivity index (χ0) is 21.7. The Labute approximate surface area is 183 Å². The van der Waals surface area contributed by atoms with Crippen LogP contribution in [0.15, 0.2) is 71.6 Å². The van der Waals surface area contributed by atoms with Crippen LogP contribution in [0.1, 0.15) is 0 Å². The standard InChI is InChI=1S/C20H16Cl2N2O5S/c21-13-8-15(10-16(9-13)29-14-4-2-1-3-5-14)28-12-20(25)24-19-7-6-17(11-18(19)22)30(23,26)27/h1-11H,12H2,(H,24,25)(H2,23,26,27). The first-order valence-corrected chi connectivity index (χ1v) is 10.8. The fourth-order valence-electron chi connectivity index (χ4n) is 2.41. The van der Waals surface area contributed by atoms with Gasteiger partial charge in [-0.1, -0.05) is 41.4 Å². The van der Waals surface area contributed by atoms with Gasteiger partial charge in [-0.15, -0.1) is 0 Å². The number of benzene rings is 3. The summed E-state index contributed by atoms with van der Waals surface area (Å²) >= 11 is 12.1. The van der Waals surface area contributed by atoms with Gasteiger partial charge in [0.2, 0.25) is 10.0 Å². The zero-order valence-corrected chi connectivity index (χ0v) is 17.7. The fourth-order valence-corrected chi connectivity index (χ4v) is 3.46. The highest BCUT2D eigenvalue weighted by molar-refractivity contribution is 7.89. The van der Waals surface area contributed by atoms with Crippen molar-refractivity contribution in [3.63, 3.8) is 0 Å². The summed E-state index contributed by atoms with van der Waals surface area (Å²) in [6, 6.07) is 17.6. The zero-order valence-electron chi connectivity index (χ0n) is 15.3. The van der Waals surface area contributed by atoms with Crippen molar-refractivity contribution in [2.75, 3.05) is 11.9 Å². The van der Waals surface area contributed by atoms with Crippen LogP contribution in [0.25, 0.3) is 0 Å². The van der Waals surface area contributed by atoms with Gasteiger partial charge in [0.1, 0.15) is 17.2 Å². The highest BCUT2D eigenvalue weighted by atomic mass is 35.5. The molecule has 3 aromatic carbocycles. The van der Waals surface area contributed by atoms with Crippen LogP contribution in [0, 0.1) is 0 Å². The number of carbonyl (C=O) groups is 1. The molecule has 0 spiro atoms. The van der Waals surface area contributed by atoms with E-state index in [9.17, 15) is 13.2 Å². The predicted molar refractivity (Wildman–Crippen MR) is 115 cm³/mol. The molecule has 3 N–H and O–H groups in total. The lowest BCUT2D eigenvalue weighted by atomic mass is 10.3. The molecular formula is C20H16Cl2N2O5S. The molecule has 0 unspecified atom stereocenters. The minimum Gasteiger partial charge on any atom is -0.484 e. The molecule has 0 bridgehead atoms. The number of anilines is 1. The van der Waals surface area contributed by atoms with Crippen molar-refractivity contribution in [2.45, 2.75) is 4.90 Å². The summed E-state index contributed by atoms with van der Waals surface area (Å²) in [4.78, 5) is 12.0. The molecule has 0 aliphatic heterocycles. The Balaban J connectivity index is 1.63. The summed E-state index contributed by atoms with van der Waals surface area (Å²) in [5, 5.41) is 7.98. The number of carbonyl (C=O) groups excluding carboxylic acids is 1. The van der Waals surface area contributed by atoms with E-state index in [2.05, 4.69) is 5.32 Å². The lowest BCUT2D eigenvalue weighted by Gasteiger charge is -2.11. The molecule has 156 valence electrons. The van der Waals surface area contributed by atoms with Gasteiger partial charge in [-0.3, -0.25) is 4.79 Å². The van der Waals surface area contributed by atoms with Crippen molar-refractivity contribution >= 4 is 44.8 Å². The Morgan fingerprint density at radius 1 is 0.933 bits per heavy atom. The second-order valence-electron chi connectivity index (χ2n) is 6.06. The van der Waals surface area contributed by atoms with Gasteiger partial charge in [-0.2, -0.15) is 0 Å². The molecule has 0 aliphatic rings. The van der Waals surface area contributed by atoms with Gasteiger partial charge in [-0.25, -0.2) is 13.6 Å². The second-order valence-corrected chi connectivity index (χ2v) is 8.47. The highest BCUT2D eigenvalue weighted by Gasteiger charge is 2.13. The molecule has 0 saturated carbocycles. The van der Waals surface area contributed by atoms with Gasteiger partial charge >= 0.3 is 0 Å². The maximum Gasteiger partial charge on any atom is 0.262 e. The highest BCUT2D eigenvalue weighted by Crippen LogP contribution is 2.30. The summed E-state index contributed by atoms with van der Waals surface area (Å²) in [6.45, 7) is -0.335. The first kappa shape index (κ1) is 21.9. The van der Waals surface area contributed by atoms with Crippen molar-refractivity contribution in [3.05, 3.63) is 76.8 Å². The number of nitrogens with one attached hydrogen (secondary N) is 1. The smallest absolute Gasteiger partial charge is 0.262 e. The SMILES string of the molecule is NS(=O)(=O)c1ccc(NC(=O)COc2cc(Cl)cc(Oc3ccccc3)c2)c(Cl)c1. The van der Waals surface area contributed by atoms with Crippen LogP contribution in [-0.4, -0.2) is 20.9 Å². The van der Waals surface area contributed by atoms with E-state index in [1.807, 2.05) is 18.2 Å². The largest absolute Gasteiger partial charge is 0.484 e. The van der Waals surface area contributed by atoms with Gasteiger partial charge in [0.05, 0.1) is 15.6 Å². The first-order valence-electron chi connectivity index (χ1n) is 8.49. The van der Waals surface area contributed by atoms with Crippen molar-refractivity contribution in [3.8, 4) is 17.2 Å². The molecule has 3 rings (SSSR count). The molecule has 0 saturated heterocycles. The van der Waals surface area contributed by atoms with Gasteiger partial charge in [-0.05, 0) is 42.5 Å². The van der Waals surface area contributed by atoms with Crippen molar-refractivity contribution in [1.29, 1.82) is 0 Å². The van der Waals surface area contributed by atoms with E-state index in [-0.39, 0.29) is 22.2 Å². The van der Waals surface area contributed by atoms with Crippen molar-refractivity contribution in [2.24, 2.45) is 5.14 Å². The van der Waals surface area contributed by atoms with E-state index >= 15 is 0 Å². The molecule has 0 heterocycles. The Morgan fingerprint density at radius 3 is 2.30 bits per heavy atom. The normalized spacial score (nSPS) is 11.0. The Kier molecular flexibility index (Phi) is 6.84. The number of primary sulfonamides is 1. The number of hydrogen-bond donors (Lipinski definition) is 2. The number of hydrogen-bond acceptors (Lipinski definition) is 5. The quantitative estimate of drug-likeness (QED) is 0.534. The lowest BCUT2D eigenvalue weighted by molar-refractivity contribution is -0.118.